The predicted molar refractivity (Wildman–Crippen MR) is 70.2 cm³/mol. The number of benzene rings is 1. The number of aliphatic hydroxyl groups is 1. The topological polar surface area (TPSA) is 20.2 Å². The normalized spacial score (nSPS) is 32.3. The molecule has 0 radical (unpaired) electrons. The van der Waals surface area contributed by atoms with Gasteiger partial charge in [0.1, 0.15) is 0 Å². The van der Waals surface area contributed by atoms with E-state index in [1.807, 2.05) is 13.0 Å². The van der Waals surface area contributed by atoms with E-state index >= 15 is 0 Å². The van der Waals surface area contributed by atoms with Gasteiger partial charge in [0.2, 0.25) is 0 Å². The Hall–Kier alpha value is -0.530. The van der Waals surface area contributed by atoms with Gasteiger partial charge in [-0.15, -0.1) is 0 Å². The van der Waals surface area contributed by atoms with Gasteiger partial charge in [-0.2, -0.15) is 0 Å². The maximum atomic E-state index is 10.3. The summed E-state index contributed by atoms with van der Waals surface area (Å²) in [5.74, 6) is 2.18. The number of fused-ring (bicyclic) bond motifs is 1. The maximum absolute atomic E-state index is 10.3. The Morgan fingerprint density at radius 3 is 2.71 bits per heavy atom. The van der Waals surface area contributed by atoms with Gasteiger partial charge in [-0.1, -0.05) is 30.2 Å². The minimum atomic E-state index is -0.189. The molecule has 0 spiro atoms. The molecule has 2 aliphatic carbocycles. The molecule has 0 bridgehead atoms. The van der Waals surface area contributed by atoms with Gasteiger partial charge in [-0.3, -0.25) is 0 Å². The molecule has 2 heteroatoms. The fraction of sp³-hybridized carbons (Fsp3) is 0.600. The zero-order valence-electron chi connectivity index (χ0n) is 10.2. The first-order valence-electron chi connectivity index (χ1n) is 6.60. The van der Waals surface area contributed by atoms with Crippen molar-refractivity contribution in [2.45, 2.75) is 38.7 Å². The molecule has 1 aromatic rings. The summed E-state index contributed by atoms with van der Waals surface area (Å²) in [6, 6.07) is 6.11. The van der Waals surface area contributed by atoms with E-state index in [2.05, 4.69) is 12.1 Å². The van der Waals surface area contributed by atoms with Crippen LogP contribution in [0.4, 0.5) is 0 Å². The zero-order chi connectivity index (χ0) is 12.0. The SMILES string of the molecule is Cc1ccc(CC(O)C2C3CCCC32)c(Cl)c1. The van der Waals surface area contributed by atoms with E-state index in [0.29, 0.717) is 5.92 Å². The smallest absolute Gasteiger partial charge is 0.0614 e. The highest BCUT2D eigenvalue weighted by atomic mass is 35.5. The van der Waals surface area contributed by atoms with E-state index in [1.165, 1.54) is 24.8 Å². The first-order valence-corrected chi connectivity index (χ1v) is 6.97. The Balaban J connectivity index is 1.66. The van der Waals surface area contributed by atoms with Gasteiger partial charge >= 0.3 is 0 Å². The van der Waals surface area contributed by atoms with Crippen molar-refractivity contribution in [3.05, 3.63) is 34.3 Å². The van der Waals surface area contributed by atoms with E-state index in [1.54, 1.807) is 0 Å². The van der Waals surface area contributed by atoms with Crippen molar-refractivity contribution in [2.24, 2.45) is 17.8 Å². The molecule has 0 aromatic heterocycles. The predicted octanol–water partition coefficient (Wildman–Crippen LogP) is 3.60. The molecule has 0 saturated heterocycles. The third kappa shape index (κ3) is 2.11. The molecule has 17 heavy (non-hydrogen) atoms. The second-order valence-corrected chi connectivity index (χ2v) is 6.11. The highest BCUT2D eigenvalue weighted by molar-refractivity contribution is 6.31. The fourth-order valence-electron chi connectivity index (χ4n) is 3.63. The minimum Gasteiger partial charge on any atom is -0.392 e. The van der Waals surface area contributed by atoms with Crippen LogP contribution in [-0.4, -0.2) is 11.2 Å². The fourth-order valence-corrected chi connectivity index (χ4v) is 3.94. The highest BCUT2D eigenvalue weighted by Crippen LogP contribution is 2.59. The number of aryl methyl sites for hydroxylation is 1. The van der Waals surface area contributed by atoms with Crippen molar-refractivity contribution in [3.8, 4) is 0 Å². The quantitative estimate of drug-likeness (QED) is 0.869. The lowest BCUT2D eigenvalue weighted by Crippen LogP contribution is -2.16. The summed E-state index contributed by atoms with van der Waals surface area (Å²) < 4.78 is 0. The van der Waals surface area contributed by atoms with Crippen LogP contribution in [0.15, 0.2) is 18.2 Å². The second kappa shape index (κ2) is 4.29. The zero-order valence-corrected chi connectivity index (χ0v) is 11.0. The summed E-state index contributed by atoms with van der Waals surface area (Å²) in [5, 5.41) is 11.1. The van der Waals surface area contributed by atoms with Gasteiger partial charge in [0.15, 0.2) is 0 Å². The van der Waals surface area contributed by atoms with Gasteiger partial charge in [0.05, 0.1) is 6.10 Å². The van der Waals surface area contributed by atoms with E-state index in [0.717, 1.165) is 28.8 Å². The lowest BCUT2D eigenvalue weighted by Gasteiger charge is -2.14. The highest BCUT2D eigenvalue weighted by Gasteiger charge is 2.55. The summed E-state index contributed by atoms with van der Waals surface area (Å²) in [7, 11) is 0. The molecule has 92 valence electrons. The molecule has 0 heterocycles. The molecular weight excluding hydrogens is 232 g/mol. The Morgan fingerprint density at radius 2 is 2.06 bits per heavy atom. The van der Waals surface area contributed by atoms with E-state index in [-0.39, 0.29) is 6.10 Å². The van der Waals surface area contributed by atoms with E-state index in [9.17, 15) is 5.11 Å². The van der Waals surface area contributed by atoms with Crippen LogP contribution in [0.5, 0.6) is 0 Å². The molecule has 2 aliphatic rings. The van der Waals surface area contributed by atoms with Crippen molar-refractivity contribution in [1.82, 2.24) is 0 Å². The van der Waals surface area contributed by atoms with Gasteiger partial charge in [0, 0.05) is 11.4 Å². The molecule has 1 aromatic carbocycles. The van der Waals surface area contributed by atoms with Crippen LogP contribution in [0.25, 0.3) is 0 Å². The standard InChI is InChI=1S/C15H19ClO/c1-9-5-6-10(13(16)7-9)8-14(17)15-11-3-2-4-12(11)15/h5-7,11-12,14-15,17H,2-4,8H2,1H3. The summed E-state index contributed by atoms with van der Waals surface area (Å²) in [4.78, 5) is 0. The van der Waals surface area contributed by atoms with Crippen LogP contribution in [0.3, 0.4) is 0 Å². The van der Waals surface area contributed by atoms with Crippen molar-refractivity contribution in [1.29, 1.82) is 0 Å². The van der Waals surface area contributed by atoms with Gasteiger partial charge in [-0.25, -0.2) is 0 Å². The maximum Gasteiger partial charge on any atom is 0.0614 e. The summed E-state index contributed by atoms with van der Waals surface area (Å²) in [5.41, 5.74) is 2.27. The second-order valence-electron chi connectivity index (χ2n) is 5.70. The van der Waals surface area contributed by atoms with Crippen LogP contribution in [0.2, 0.25) is 5.02 Å². The third-order valence-corrected chi connectivity index (χ3v) is 4.91. The first kappa shape index (κ1) is 11.6. The molecule has 0 aliphatic heterocycles. The molecule has 1 N–H and O–H groups in total. The Morgan fingerprint density at radius 1 is 1.35 bits per heavy atom. The molecule has 3 atom stereocenters. The molecule has 0 amide bonds. The van der Waals surface area contributed by atoms with Crippen LogP contribution in [0.1, 0.15) is 30.4 Å². The summed E-state index contributed by atoms with van der Waals surface area (Å²) in [6.45, 7) is 2.04. The molecule has 3 rings (SSSR count). The molecule has 2 saturated carbocycles. The lowest BCUT2D eigenvalue weighted by atomic mass is 9.99. The molecular formula is C15H19ClO. The molecule has 2 fully saturated rings. The van der Waals surface area contributed by atoms with E-state index < -0.39 is 0 Å². The van der Waals surface area contributed by atoms with Crippen LogP contribution in [-0.2, 0) is 6.42 Å². The van der Waals surface area contributed by atoms with Crippen molar-refractivity contribution < 1.29 is 5.11 Å². The summed E-state index contributed by atoms with van der Waals surface area (Å²) >= 11 is 6.21. The average molecular weight is 251 g/mol. The Labute approximate surface area is 108 Å². The number of hydrogen-bond donors (Lipinski definition) is 1. The third-order valence-electron chi connectivity index (χ3n) is 4.55. The van der Waals surface area contributed by atoms with Crippen molar-refractivity contribution >= 4 is 11.6 Å². The number of halogens is 1. The Kier molecular flexibility index (Phi) is 2.92. The van der Waals surface area contributed by atoms with Gasteiger partial charge in [-0.05, 0) is 54.7 Å². The minimum absolute atomic E-state index is 0.189. The molecule has 1 nitrogen and oxygen atoms in total. The van der Waals surface area contributed by atoms with Crippen molar-refractivity contribution in [2.75, 3.05) is 0 Å². The average Bonchev–Trinajstić information content (AvgIpc) is 2.77. The number of aliphatic hydroxyl groups excluding tert-OH is 1. The summed E-state index contributed by atoms with van der Waals surface area (Å²) in [6.07, 6.45) is 4.55. The van der Waals surface area contributed by atoms with Crippen LogP contribution >= 0.6 is 11.6 Å². The first-order chi connectivity index (χ1) is 8.16. The van der Waals surface area contributed by atoms with Crippen LogP contribution in [0, 0.1) is 24.7 Å². The lowest BCUT2D eigenvalue weighted by molar-refractivity contribution is 0.135. The van der Waals surface area contributed by atoms with Gasteiger partial charge < -0.3 is 5.11 Å². The largest absolute Gasteiger partial charge is 0.392 e. The van der Waals surface area contributed by atoms with Crippen molar-refractivity contribution in [3.63, 3.8) is 0 Å². The van der Waals surface area contributed by atoms with E-state index in [4.69, 9.17) is 11.6 Å². The number of hydrogen-bond acceptors (Lipinski definition) is 1. The van der Waals surface area contributed by atoms with Crippen LogP contribution < -0.4 is 0 Å². The number of rotatable bonds is 3. The Bertz CT molecular complexity index is 419. The van der Waals surface area contributed by atoms with Gasteiger partial charge in [0.25, 0.3) is 0 Å². The monoisotopic (exact) mass is 250 g/mol. The molecule has 3 unspecified atom stereocenters.